The van der Waals surface area contributed by atoms with Crippen molar-refractivity contribution in [1.82, 2.24) is 0 Å². The Morgan fingerprint density at radius 1 is 1.35 bits per heavy atom. The highest BCUT2D eigenvalue weighted by molar-refractivity contribution is 5.49. The standard InChI is InChI=1S/C13H18FN3/c1-3-13(16,4-2)9-17-12-6-10(8-15)5-11(14)7-12/h5-7,17H,3-4,9,16H2,1-2H3. The van der Waals surface area contributed by atoms with Crippen LogP contribution in [0.15, 0.2) is 18.2 Å². The monoisotopic (exact) mass is 235 g/mol. The molecule has 0 aliphatic carbocycles. The number of rotatable bonds is 5. The Hall–Kier alpha value is -1.60. The molecule has 0 bridgehead atoms. The first-order chi connectivity index (χ1) is 8.03. The minimum Gasteiger partial charge on any atom is -0.383 e. The fourth-order valence-corrected chi connectivity index (χ4v) is 1.53. The van der Waals surface area contributed by atoms with Gasteiger partial charge in [0.15, 0.2) is 0 Å². The van der Waals surface area contributed by atoms with Crippen molar-refractivity contribution in [1.29, 1.82) is 5.26 Å². The van der Waals surface area contributed by atoms with Crippen LogP contribution in [-0.2, 0) is 0 Å². The molecule has 0 aliphatic rings. The van der Waals surface area contributed by atoms with Gasteiger partial charge in [-0.1, -0.05) is 13.8 Å². The molecule has 17 heavy (non-hydrogen) atoms. The van der Waals surface area contributed by atoms with Crippen LogP contribution in [0.4, 0.5) is 10.1 Å². The summed E-state index contributed by atoms with van der Waals surface area (Å²) in [5.74, 6) is -0.415. The number of hydrogen-bond acceptors (Lipinski definition) is 3. The number of nitrogens with two attached hydrogens (primary N) is 1. The van der Waals surface area contributed by atoms with Crippen molar-refractivity contribution in [3.05, 3.63) is 29.6 Å². The highest BCUT2D eigenvalue weighted by Gasteiger charge is 2.19. The average Bonchev–Trinajstić information content (AvgIpc) is 2.35. The Kier molecular flexibility index (Phi) is 4.47. The molecule has 0 heterocycles. The SMILES string of the molecule is CCC(N)(CC)CNc1cc(F)cc(C#N)c1. The summed E-state index contributed by atoms with van der Waals surface area (Å²) in [7, 11) is 0. The molecule has 1 aromatic rings. The molecule has 0 unspecified atom stereocenters. The van der Waals surface area contributed by atoms with Crippen molar-refractivity contribution in [2.45, 2.75) is 32.2 Å². The zero-order valence-electron chi connectivity index (χ0n) is 10.3. The Morgan fingerprint density at radius 3 is 2.53 bits per heavy atom. The summed E-state index contributed by atoms with van der Waals surface area (Å²) in [4.78, 5) is 0. The normalized spacial score (nSPS) is 11.0. The van der Waals surface area contributed by atoms with Crippen LogP contribution in [0.2, 0.25) is 0 Å². The molecule has 0 saturated carbocycles. The number of hydrogen-bond donors (Lipinski definition) is 2. The van der Waals surface area contributed by atoms with Gasteiger partial charge in [0, 0.05) is 17.8 Å². The van der Waals surface area contributed by atoms with Crippen LogP contribution in [0.1, 0.15) is 32.3 Å². The Morgan fingerprint density at radius 2 is 2.00 bits per heavy atom. The van der Waals surface area contributed by atoms with Gasteiger partial charge in [0.1, 0.15) is 5.82 Å². The number of nitrogens with zero attached hydrogens (tertiary/aromatic N) is 1. The zero-order chi connectivity index (χ0) is 12.9. The predicted molar refractivity (Wildman–Crippen MR) is 67.1 cm³/mol. The van der Waals surface area contributed by atoms with E-state index in [4.69, 9.17) is 11.0 Å². The van der Waals surface area contributed by atoms with Gasteiger partial charge in [0.25, 0.3) is 0 Å². The highest BCUT2D eigenvalue weighted by atomic mass is 19.1. The van der Waals surface area contributed by atoms with Crippen molar-refractivity contribution in [3.8, 4) is 6.07 Å². The highest BCUT2D eigenvalue weighted by Crippen LogP contribution is 2.16. The van der Waals surface area contributed by atoms with Crippen LogP contribution in [0.25, 0.3) is 0 Å². The lowest BCUT2D eigenvalue weighted by molar-refractivity contribution is 0.418. The Balaban J connectivity index is 2.76. The van der Waals surface area contributed by atoms with E-state index in [1.54, 1.807) is 6.07 Å². The molecule has 0 atom stereocenters. The third-order valence-electron chi connectivity index (χ3n) is 3.08. The van der Waals surface area contributed by atoms with Crippen LogP contribution in [-0.4, -0.2) is 12.1 Å². The van der Waals surface area contributed by atoms with Crippen LogP contribution in [0.5, 0.6) is 0 Å². The summed E-state index contributed by atoms with van der Waals surface area (Å²) in [6, 6.07) is 6.12. The van der Waals surface area contributed by atoms with Gasteiger partial charge in [-0.3, -0.25) is 0 Å². The maximum atomic E-state index is 13.2. The number of anilines is 1. The van der Waals surface area contributed by atoms with E-state index in [0.717, 1.165) is 12.8 Å². The second kappa shape index (κ2) is 5.65. The topological polar surface area (TPSA) is 61.8 Å². The number of halogens is 1. The zero-order valence-corrected chi connectivity index (χ0v) is 10.3. The molecule has 0 amide bonds. The molecule has 0 saturated heterocycles. The maximum Gasteiger partial charge on any atom is 0.126 e. The van der Waals surface area contributed by atoms with Crippen LogP contribution >= 0.6 is 0 Å². The average molecular weight is 235 g/mol. The molecule has 0 spiro atoms. The number of nitriles is 1. The first-order valence-corrected chi connectivity index (χ1v) is 5.76. The number of nitrogens with one attached hydrogen (secondary N) is 1. The van der Waals surface area contributed by atoms with E-state index < -0.39 is 5.82 Å². The van der Waals surface area contributed by atoms with E-state index in [1.807, 2.05) is 19.9 Å². The summed E-state index contributed by atoms with van der Waals surface area (Å²) in [5, 5.41) is 11.8. The van der Waals surface area contributed by atoms with Gasteiger partial charge in [0.2, 0.25) is 0 Å². The third-order valence-corrected chi connectivity index (χ3v) is 3.08. The number of benzene rings is 1. The molecule has 0 aromatic heterocycles. The van der Waals surface area contributed by atoms with Crippen LogP contribution in [0.3, 0.4) is 0 Å². The molecule has 4 heteroatoms. The second-order valence-electron chi connectivity index (χ2n) is 4.26. The minimum atomic E-state index is -0.415. The van der Waals surface area contributed by atoms with Crippen molar-refractivity contribution >= 4 is 5.69 Å². The van der Waals surface area contributed by atoms with E-state index in [0.29, 0.717) is 17.8 Å². The van der Waals surface area contributed by atoms with Gasteiger partial charge in [-0.15, -0.1) is 0 Å². The van der Waals surface area contributed by atoms with Crippen LogP contribution < -0.4 is 11.1 Å². The molecule has 1 aromatic carbocycles. The van der Waals surface area contributed by atoms with Gasteiger partial charge in [0.05, 0.1) is 11.6 Å². The predicted octanol–water partition coefficient (Wildman–Crippen LogP) is 2.63. The van der Waals surface area contributed by atoms with E-state index in [9.17, 15) is 4.39 Å². The van der Waals surface area contributed by atoms with Gasteiger partial charge in [-0.25, -0.2) is 4.39 Å². The molecule has 3 nitrogen and oxygen atoms in total. The minimum absolute atomic E-state index is 0.293. The van der Waals surface area contributed by atoms with Crippen LogP contribution in [0, 0.1) is 17.1 Å². The van der Waals surface area contributed by atoms with E-state index >= 15 is 0 Å². The quantitative estimate of drug-likeness (QED) is 0.824. The first-order valence-electron chi connectivity index (χ1n) is 5.76. The fourth-order valence-electron chi connectivity index (χ4n) is 1.53. The lowest BCUT2D eigenvalue weighted by atomic mass is 9.94. The van der Waals surface area contributed by atoms with E-state index in [1.165, 1.54) is 12.1 Å². The van der Waals surface area contributed by atoms with E-state index in [2.05, 4.69) is 5.32 Å². The molecule has 92 valence electrons. The lowest BCUT2D eigenvalue weighted by Crippen LogP contribution is -2.45. The van der Waals surface area contributed by atoms with Crippen molar-refractivity contribution in [3.63, 3.8) is 0 Å². The lowest BCUT2D eigenvalue weighted by Gasteiger charge is -2.27. The smallest absolute Gasteiger partial charge is 0.126 e. The summed E-state index contributed by atoms with van der Waals surface area (Å²) in [6.45, 7) is 4.61. The molecule has 0 radical (unpaired) electrons. The largest absolute Gasteiger partial charge is 0.383 e. The van der Waals surface area contributed by atoms with Gasteiger partial charge >= 0.3 is 0 Å². The second-order valence-corrected chi connectivity index (χ2v) is 4.26. The Bertz CT molecular complexity index is 419. The van der Waals surface area contributed by atoms with Gasteiger partial charge in [-0.2, -0.15) is 5.26 Å². The summed E-state index contributed by atoms with van der Waals surface area (Å²) >= 11 is 0. The molecule has 0 fully saturated rings. The molecule has 3 N–H and O–H groups in total. The van der Waals surface area contributed by atoms with Gasteiger partial charge in [-0.05, 0) is 31.0 Å². The summed E-state index contributed by atoms with van der Waals surface area (Å²) in [6.07, 6.45) is 1.69. The molecular formula is C13H18FN3. The molecule has 1 rings (SSSR count). The van der Waals surface area contributed by atoms with E-state index in [-0.39, 0.29) is 5.54 Å². The summed E-state index contributed by atoms with van der Waals surface area (Å²) < 4.78 is 13.2. The fraction of sp³-hybridized carbons (Fsp3) is 0.462. The van der Waals surface area contributed by atoms with Crippen molar-refractivity contribution in [2.24, 2.45) is 5.73 Å². The van der Waals surface area contributed by atoms with Crippen molar-refractivity contribution < 1.29 is 4.39 Å². The van der Waals surface area contributed by atoms with Crippen molar-refractivity contribution in [2.75, 3.05) is 11.9 Å². The first kappa shape index (κ1) is 13.5. The molecular weight excluding hydrogens is 217 g/mol. The molecule has 0 aliphatic heterocycles. The maximum absolute atomic E-state index is 13.2. The third kappa shape index (κ3) is 3.72. The summed E-state index contributed by atoms with van der Waals surface area (Å²) in [5.41, 5.74) is 6.74. The Labute approximate surface area is 101 Å². The van der Waals surface area contributed by atoms with Gasteiger partial charge < -0.3 is 11.1 Å².